The predicted molar refractivity (Wildman–Crippen MR) is 115 cm³/mol. The van der Waals surface area contributed by atoms with Gasteiger partial charge in [0.25, 0.3) is 17.5 Å². The smallest absolute Gasteiger partial charge is 0.278 e. The molecule has 0 aromatic heterocycles. The van der Waals surface area contributed by atoms with E-state index in [2.05, 4.69) is 5.32 Å². The molecule has 29 heavy (non-hydrogen) atoms. The lowest BCUT2D eigenvalue weighted by Gasteiger charge is -2.28. The second-order valence-electron chi connectivity index (χ2n) is 6.33. The normalized spacial score (nSPS) is 15.5. The molecule has 0 aliphatic carbocycles. The molecule has 1 N–H and O–H groups in total. The molecule has 2 amide bonds. The molecule has 0 unspecified atom stereocenters. The van der Waals surface area contributed by atoms with E-state index in [1.54, 1.807) is 49.3 Å². The quantitative estimate of drug-likeness (QED) is 0.263. The number of amides is 2. The van der Waals surface area contributed by atoms with E-state index in [1.165, 1.54) is 18.2 Å². The van der Waals surface area contributed by atoms with Gasteiger partial charge in [-0.2, -0.15) is 0 Å². The second-order valence-corrected chi connectivity index (χ2v) is 7.15. The Bertz CT molecular complexity index is 1070. The number of rotatable bonds is 4. The number of benzene rings is 2. The summed E-state index contributed by atoms with van der Waals surface area (Å²) in [6, 6.07) is 10.8. The number of nitro benzene ring substituents is 1. The molecule has 1 aliphatic rings. The van der Waals surface area contributed by atoms with Crippen molar-refractivity contribution in [1.29, 1.82) is 0 Å². The molecule has 1 saturated heterocycles. The highest BCUT2D eigenvalue weighted by Gasteiger charge is 2.35. The molecule has 3 rings (SSSR count). The lowest BCUT2D eigenvalue weighted by molar-refractivity contribution is -0.385. The van der Waals surface area contributed by atoms with Crippen LogP contribution in [0.15, 0.2) is 48.0 Å². The Morgan fingerprint density at radius 2 is 1.83 bits per heavy atom. The molecule has 148 valence electrons. The molecule has 0 saturated carbocycles. The first-order chi connectivity index (χ1) is 13.7. The monoisotopic (exact) mass is 430 g/mol. The fraction of sp³-hybridized carbons (Fsp3) is 0.105. The van der Waals surface area contributed by atoms with E-state index in [9.17, 15) is 19.7 Å². The van der Waals surface area contributed by atoms with Crippen molar-refractivity contribution in [2.24, 2.45) is 0 Å². The van der Waals surface area contributed by atoms with Crippen LogP contribution >= 0.6 is 23.8 Å². The van der Waals surface area contributed by atoms with Gasteiger partial charge in [0.15, 0.2) is 5.11 Å². The van der Waals surface area contributed by atoms with Gasteiger partial charge in [0.05, 0.1) is 16.2 Å². The van der Waals surface area contributed by atoms with Crippen molar-refractivity contribution in [1.82, 2.24) is 5.32 Å². The molecule has 1 heterocycles. The summed E-state index contributed by atoms with van der Waals surface area (Å²) in [6.07, 6.45) is 1.19. The molecule has 0 spiro atoms. The Kier molecular flexibility index (Phi) is 5.62. The zero-order chi connectivity index (χ0) is 21.3. The third-order valence-corrected chi connectivity index (χ3v) is 4.75. The van der Waals surface area contributed by atoms with Crippen LogP contribution in [0.2, 0.25) is 5.02 Å². The van der Waals surface area contributed by atoms with Crippen LogP contribution in [0.1, 0.15) is 5.56 Å². The molecule has 1 aliphatic heterocycles. The molecule has 0 bridgehead atoms. The van der Waals surface area contributed by atoms with Crippen molar-refractivity contribution in [2.45, 2.75) is 0 Å². The SMILES string of the molecule is CN(C)c1ccc(/C=C2\C(=O)NC(=S)N(c3ccc(Cl)cc3)C2=O)c([N+](=O)[O-])c1. The third-order valence-electron chi connectivity index (χ3n) is 4.21. The molecule has 1 fully saturated rings. The van der Waals surface area contributed by atoms with Crippen molar-refractivity contribution in [3.05, 3.63) is 68.7 Å². The minimum atomic E-state index is -0.726. The van der Waals surface area contributed by atoms with Gasteiger partial charge >= 0.3 is 0 Å². The van der Waals surface area contributed by atoms with E-state index in [1.807, 2.05) is 0 Å². The zero-order valence-electron chi connectivity index (χ0n) is 15.4. The lowest BCUT2D eigenvalue weighted by atomic mass is 10.0. The summed E-state index contributed by atoms with van der Waals surface area (Å²) < 4.78 is 0. The lowest BCUT2D eigenvalue weighted by Crippen LogP contribution is -2.54. The number of thiocarbonyl (C=S) groups is 1. The number of carbonyl (C=O) groups is 2. The van der Waals surface area contributed by atoms with Crippen LogP contribution in [0, 0.1) is 10.1 Å². The first kappa shape index (κ1) is 20.4. The minimum absolute atomic E-state index is 0.0862. The van der Waals surface area contributed by atoms with Crippen molar-refractivity contribution < 1.29 is 14.5 Å². The molecular formula is C19H15ClN4O4S. The van der Waals surface area contributed by atoms with E-state index in [-0.39, 0.29) is 21.9 Å². The second kappa shape index (κ2) is 7.98. The number of hydrogen-bond acceptors (Lipinski definition) is 6. The zero-order valence-corrected chi connectivity index (χ0v) is 17.0. The van der Waals surface area contributed by atoms with Gasteiger partial charge < -0.3 is 4.90 Å². The Morgan fingerprint density at radius 3 is 2.41 bits per heavy atom. The van der Waals surface area contributed by atoms with Gasteiger partial charge in [-0.3, -0.25) is 29.9 Å². The number of hydrogen-bond donors (Lipinski definition) is 1. The maximum Gasteiger partial charge on any atom is 0.278 e. The summed E-state index contributed by atoms with van der Waals surface area (Å²) in [7, 11) is 3.50. The molecule has 8 nitrogen and oxygen atoms in total. The third kappa shape index (κ3) is 4.10. The van der Waals surface area contributed by atoms with E-state index in [0.29, 0.717) is 16.4 Å². The Hall–Kier alpha value is -3.30. The van der Waals surface area contributed by atoms with Gasteiger partial charge in [0, 0.05) is 30.9 Å². The average molecular weight is 431 g/mol. The van der Waals surface area contributed by atoms with Crippen LogP contribution in [0.3, 0.4) is 0 Å². The number of nitrogens with one attached hydrogen (secondary N) is 1. The number of nitrogens with zero attached hydrogens (tertiary/aromatic N) is 3. The summed E-state index contributed by atoms with van der Waals surface area (Å²) in [5.41, 5.74) is 0.655. The maximum atomic E-state index is 13.0. The average Bonchev–Trinajstić information content (AvgIpc) is 2.66. The first-order valence-corrected chi connectivity index (χ1v) is 9.10. The highest BCUT2D eigenvalue weighted by molar-refractivity contribution is 7.80. The number of nitro groups is 1. The van der Waals surface area contributed by atoms with Crippen molar-refractivity contribution in [3.63, 3.8) is 0 Å². The van der Waals surface area contributed by atoms with Gasteiger partial charge in [-0.15, -0.1) is 0 Å². The maximum absolute atomic E-state index is 13.0. The van der Waals surface area contributed by atoms with E-state index in [4.69, 9.17) is 23.8 Å². The Balaban J connectivity index is 2.07. The van der Waals surface area contributed by atoms with Crippen molar-refractivity contribution in [3.8, 4) is 0 Å². The van der Waals surface area contributed by atoms with Crippen LogP contribution in [0.25, 0.3) is 6.08 Å². The van der Waals surface area contributed by atoms with Crippen LogP contribution in [0.5, 0.6) is 0 Å². The number of carbonyl (C=O) groups excluding carboxylic acids is 2. The first-order valence-electron chi connectivity index (χ1n) is 8.32. The standard InChI is InChI=1S/C19H15ClN4O4S/c1-22(2)14-6-3-11(16(10-14)24(27)28)9-15-17(25)21-19(29)23(18(15)26)13-7-4-12(20)5-8-13/h3-10H,1-2H3,(H,21,25,29)/b15-9+. The molecule has 2 aromatic carbocycles. The molecule has 10 heteroatoms. The van der Waals surface area contributed by atoms with Gasteiger partial charge in [0.1, 0.15) is 5.57 Å². The molecule has 0 radical (unpaired) electrons. The summed E-state index contributed by atoms with van der Waals surface area (Å²) in [5, 5.41) is 14.3. The van der Waals surface area contributed by atoms with Crippen molar-refractivity contribution >= 4 is 63.9 Å². The molecule has 2 aromatic rings. The van der Waals surface area contributed by atoms with Gasteiger partial charge in [-0.05, 0) is 54.7 Å². The van der Waals surface area contributed by atoms with Crippen LogP contribution in [-0.2, 0) is 9.59 Å². The number of halogens is 1. The predicted octanol–water partition coefficient (Wildman–Crippen LogP) is 3.15. The Morgan fingerprint density at radius 1 is 1.17 bits per heavy atom. The molecular weight excluding hydrogens is 416 g/mol. The van der Waals surface area contributed by atoms with E-state index >= 15 is 0 Å². The van der Waals surface area contributed by atoms with Gasteiger partial charge in [0.2, 0.25) is 0 Å². The minimum Gasteiger partial charge on any atom is -0.377 e. The van der Waals surface area contributed by atoms with Crippen molar-refractivity contribution in [2.75, 3.05) is 23.9 Å². The summed E-state index contributed by atoms with van der Waals surface area (Å²) >= 11 is 11.0. The van der Waals surface area contributed by atoms with Crippen LogP contribution in [-0.4, -0.2) is 35.9 Å². The summed E-state index contributed by atoms with van der Waals surface area (Å²) in [4.78, 5) is 39.2. The van der Waals surface area contributed by atoms with Gasteiger partial charge in [-0.1, -0.05) is 11.6 Å². The fourth-order valence-corrected chi connectivity index (χ4v) is 3.14. The molecule has 0 atom stereocenters. The Labute approximate surface area is 176 Å². The van der Waals surface area contributed by atoms with Crippen LogP contribution in [0.4, 0.5) is 17.1 Å². The summed E-state index contributed by atoms with van der Waals surface area (Å²) in [5.74, 6) is -1.41. The fourth-order valence-electron chi connectivity index (χ4n) is 2.73. The number of anilines is 2. The highest BCUT2D eigenvalue weighted by Crippen LogP contribution is 2.29. The van der Waals surface area contributed by atoms with Crippen LogP contribution < -0.4 is 15.1 Å². The van der Waals surface area contributed by atoms with Gasteiger partial charge in [-0.25, -0.2) is 0 Å². The summed E-state index contributed by atoms with van der Waals surface area (Å²) in [6.45, 7) is 0. The van der Waals surface area contributed by atoms with E-state index < -0.39 is 16.7 Å². The highest BCUT2D eigenvalue weighted by atomic mass is 35.5. The topological polar surface area (TPSA) is 95.8 Å². The largest absolute Gasteiger partial charge is 0.377 e. The van der Waals surface area contributed by atoms with E-state index in [0.717, 1.165) is 4.90 Å².